The molecule has 0 bridgehead atoms. The number of rotatable bonds is 8. The molecule has 2 aromatic rings. The molecule has 6 nitrogen and oxygen atoms in total. The Morgan fingerprint density at radius 2 is 1.96 bits per heavy atom. The molecule has 2 rings (SSSR count). The third-order valence-corrected chi connectivity index (χ3v) is 2.92. The molecule has 1 amide bonds. The standard InChI is InChI=1S/C16H14F5N3O3/c17-15(18)27-13-4-1-11(2-5-13)3-6-14(25)23-12-7-22-24(8-12)10-26-9-16(19,20)21/h1-8,15H,9-10H2,(H,23,25)/b6-3-. The lowest BCUT2D eigenvalue weighted by molar-refractivity contribution is -0.182. The molecule has 27 heavy (non-hydrogen) atoms. The molecule has 146 valence electrons. The second-order valence-electron chi connectivity index (χ2n) is 5.13. The van der Waals surface area contributed by atoms with Crippen LogP contribution < -0.4 is 10.1 Å². The summed E-state index contributed by atoms with van der Waals surface area (Å²) in [5.74, 6) is -0.523. The zero-order chi connectivity index (χ0) is 19.9. The molecule has 1 N–H and O–H groups in total. The lowest BCUT2D eigenvalue weighted by atomic mass is 10.2. The number of alkyl halides is 5. The number of hydrogen-bond acceptors (Lipinski definition) is 4. The van der Waals surface area contributed by atoms with Crippen LogP contribution in [0.3, 0.4) is 0 Å². The van der Waals surface area contributed by atoms with Crippen LogP contribution in [0.2, 0.25) is 0 Å². The van der Waals surface area contributed by atoms with E-state index in [4.69, 9.17) is 0 Å². The predicted octanol–water partition coefficient (Wildman–Crippen LogP) is 3.67. The van der Waals surface area contributed by atoms with Crippen molar-refractivity contribution in [2.24, 2.45) is 0 Å². The Kier molecular flexibility index (Phi) is 6.88. The van der Waals surface area contributed by atoms with Crippen molar-refractivity contribution >= 4 is 17.7 Å². The molecule has 0 saturated carbocycles. The number of hydrogen-bond donors (Lipinski definition) is 1. The number of nitrogens with one attached hydrogen (secondary N) is 1. The van der Waals surface area contributed by atoms with E-state index in [0.717, 1.165) is 4.68 Å². The predicted molar refractivity (Wildman–Crippen MR) is 85.0 cm³/mol. The first kappa shape index (κ1) is 20.4. The fourth-order valence-corrected chi connectivity index (χ4v) is 1.87. The smallest absolute Gasteiger partial charge is 0.411 e. The Balaban J connectivity index is 1.82. The number of halogens is 5. The zero-order valence-electron chi connectivity index (χ0n) is 13.6. The summed E-state index contributed by atoms with van der Waals surface area (Å²) >= 11 is 0. The Hall–Kier alpha value is -2.95. The fourth-order valence-electron chi connectivity index (χ4n) is 1.87. The van der Waals surface area contributed by atoms with Crippen LogP contribution >= 0.6 is 0 Å². The Bertz CT molecular complexity index is 772. The van der Waals surface area contributed by atoms with Gasteiger partial charge in [0, 0.05) is 6.08 Å². The van der Waals surface area contributed by atoms with Gasteiger partial charge in [0.25, 0.3) is 0 Å². The maximum Gasteiger partial charge on any atom is 0.411 e. The van der Waals surface area contributed by atoms with Gasteiger partial charge in [-0.3, -0.25) is 4.79 Å². The van der Waals surface area contributed by atoms with Gasteiger partial charge in [-0.1, -0.05) is 12.1 Å². The van der Waals surface area contributed by atoms with Gasteiger partial charge in [-0.2, -0.15) is 27.1 Å². The average Bonchev–Trinajstić information content (AvgIpc) is 3.00. The topological polar surface area (TPSA) is 65.4 Å². The van der Waals surface area contributed by atoms with Crippen LogP contribution in [0.25, 0.3) is 6.08 Å². The van der Waals surface area contributed by atoms with Crippen molar-refractivity contribution in [1.82, 2.24) is 9.78 Å². The van der Waals surface area contributed by atoms with Crippen molar-refractivity contribution in [1.29, 1.82) is 0 Å². The van der Waals surface area contributed by atoms with Crippen LogP contribution in [0.15, 0.2) is 42.7 Å². The van der Waals surface area contributed by atoms with E-state index < -0.39 is 32.0 Å². The maximum atomic E-state index is 12.1. The van der Waals surface area contributed by atoms with Crippen LogP contribution in [-0.4, -0.2) is 35.1 Å². The largest absolute Gasteiger partial charge is 0.435 e. The summed E-state index contributed by atoms with van der Waals surface area (Å²) in [6, 6.07) is 5.62. The van der Waals surface area contributed by atoms with Gasteiger partial charge in [0.05, 0.1) is 18.1 Å². The molecule has 0 radical (unpaired) electrons. The van der Waals surface area contributed by atoms with Gasteiger partial charge < -0.3 is 14.8 Å². The maximum absolute atomic E-state index is 12.1. The van der Waals surface area contributed by atoms with Crippen LogP contribution in [-0.2, 0) is 16.3 Å². The number of carbonyl (C=O) groups excluding carboxylic acids is 1. The van der Waals surface area contributed by atoms with Crippen molar-refractivity contribution in [3.05, 3.63) is 48.3 Å². The van der Waals surface area contributed by atoms with E-state index >= 15 is 0 Å². The Labute approximate surface area is 150 Å². The summed E-state index contributed by atoms with van der Waals surface area (Å²) in [7, 11) is 0. The summed E-state index contributed by atoms with van der Waals surface area (Å²) in [5, 5.41) is 6.22. The van der Waals surface area contributed by atoms with Gasteiger partial charge in [0.2, 0.25) is 5.91 Å². The molecule has 0 atom stereocenters. The van der Waals surface area contributed by atoms with Gasteiger partial charge in [-0.25, -0.2) is 4.68 Å². The van der Waals surface area contributed by atoms with Crippen LogP contribution in [0.5, 0.6) is 5.75 Å². The number of nitrogens with zero attached hydrogens (tertiary/aromatic N) is 2. The summed E-state index contributed by atoms with van der Waals surface area (Å²) in [5.41, 5.74) is 0.837. The Morgan fingerprint density at radius 1 is 1.26 bits per heavy atom. The van der Waals surface area contributed by atoms with E-state index in [2.05, 4.69) is 19.9 Å². The van der Waals surface area contributed by atoms with Gasteiger partial charge in [0.1, 0.15) is 19.1 Å². The average molecular weight is 391 g/mol. The number of anilines is 1. The van der Waals surface area contributed by atoms with Gasteiger partial charge in [-0.05, 0) is 23.8 Å². The van der Waals surface area contributed by atoms with E-state index in [9.17, 15) is 26.7 Å². The summed E-state index contributed by atoms with van der Waals surface area (Å²) < 4.78 is 69.8. The van der Waals surface area contributed by atoms with Gasteiger partial charge in [0.15, 0.2) is 0 Å². The van der Waals surface area contributed by atoms with E-state index in [1.807, 2.05) is 0 Å². The third-order valence-electron chi connectivity index (χ3n) is 2.92. The molecule has 0 unspecified atom stereocenters. The fraction of sp³-hybridized carbons (Fsp3) is 0.250. The molecule has 11 heteroatoms. The highest BCUT2D eigenvalue weighted by Crippen LogP contribution is 2.16. The molecule has 1 aromatic carbocycles. The first-order chi connectivity index (χ1) is 12.7. The number of ether oxygens (including phenoxy) is 2. The number of amides is 1. The lowest BCUT2D eigenvalue weighted by Crippen LogP contribution is -2.18. The van der Waals surface area contributed by atoms with Crippen molar-refractivity contribution in [2.75, 3.05) is 11.9 Å². The lowest BCUT2D eigenvalue weighted by Gasteiger charge is -2.07. The highest BCUT2D eigenvalue weighted by Gasteiger charge is 2.27. The molecule has 1 heterocycles. The van der Waals surface area contributed by atoms with E-state index in [0.29, 0.717) is 5.56 Å². The van der Waals surface area contributed by atoms with Crippen molar-refractivity contribution in [2.45, 2.75) is 19.5 Å². The number of aromatic nitrogens is 2. The first-order valence-corrected chi connectivity index (χ1v) is 7.42. The van der Waals surface area contributed by atoms with Gasteiger partial charge in [-0.15, -0.1) is 0 Å². The van der Waals surface area contributed by atoms with Crippen LogP contribution in [0.1, 0.15) is 5.56 Å². The first-order valence-electron chi connectivity index (χ1n) is 7.42. The molecule has 0 spiro atoms. The van der Waals surface area contributed by atoms with E-state index in [1.54, 1.807) is 0 Å². The third kappa shape index (κ3) is 7.86. The normalized spacial score (nSPS) is 11.9. The SMILES string of the molecule is O=C(/C=C\c1ccc(OC(F)F)cc1)Nc1cnn(COCC(F)(F)F)c1. The highest BCUT2D eigenvalue weighted by molar-refractivity contribution is 6.01. The zero-order valence-corrected chi connectivity index (χ0v) is 13.6. The summed E-state index contributed by atoms with van der Waals surface area (Å²) in [6.45, 7) is -4.74. The minimum absolute atomic E-state index is 0.00763. The van der Waals surface area contributed by atoms with Crippen LogP contribution in [0.4, 0.5) is 27.6 Å². The molecule has 0 aliphatic heterocycles. The van der Waals surface area contributed by atoms with E-state index in [-0.39, 0.29) is 11.4 Å². The number of benzene rings is 1. The monoisotopic (exact) mass is 391 g/mol. The van der Waals surface area contributed by atoms with Crippen molar-refractivity contribution in [3.63, 3.8) is 0 Å². The molecular formula is C16H14F5N3O3. The van der Waals surface area contributed by atoms with Gasteiger partial charge >= 0.3 is 12.8 Å². The number of carbonyl (C=O) groups is 1. The molecular weight excluding hydrogens is 377 g/mol. The summed E-state index contributed by atoms with van der Waals surface area (Å²) in [6.07, 6.45) is 0.759. The minimum Gasteiger partial charge on any atom is -0.435 e. The molecule has 0 aliphatic rings. The van der Waals surface area contributed by atoms with E-state index in [1.165, 1.54) is 48.8 Å². The molecule has 0 fully saturated rings. The molecule has 0 aliphatic carbocycles. The second kappa shape index (κ2) is 9.12. The summed E-state index contributed by atoms with van der Waals surface area (Å²) in [4.78, 5) is 11.8. The molecule has 0 saturated heterocycles. The van der Waals surface area contributed by atoms with Crippen molar-refractivity contribution < 1.29 is 36.2 Å². The minimum atomic E-state index is -4.43. The quantitative estimate of drug-likeness (QED) is 0.551. The second-order valence-corrected chi connectivity index (χ2v) is 5.13. The van der Waals surface area contributed by atoms with Crippen LogP contribution in [0, 0.1) is 0 Å². The van der Waals surface area contributed by atoms with Crippen molar-refractivity contribution in [3.8, 4) is 5.75 Å². The molecule has 1 aromatic heterocycles. The highest BCUT2D eigenvalue weighted by atomic mass is 19.4. The Morgan fingerprint density at radius 3 is 2.59 bits per heavy atom.